The van der Waals surface area contributed by atoms with Gasteiger partial charge in [-0.3, -0.25) is 0 Å². The van der Waals surface area contributed by atoms with Crippen LogP contribution < -0.4 is 0 Å². The van der Waals surface area contributed by atoms with Crippen LogP contribution in [0.1, 0.15) is 34.1 Å². The molecule has 0 N–H and O–H groups in total. The molecule has 0 aliphatic heterocycles. The highest BCUT2D eigenvalue weighted by Crippen LogP contribution is 2.37. The van der Waals surface area contributed by atoms with Crippen LogP contribution >= 0.6 is 0 Å². The lowest BCUT2D eigenvalue weighted by Gasteiger charge is -2.15. The van der Waals surface area contributed by atoms with E-state index < -0.39 is 0 Å². The first kappa shape index (κ1) is 6.85. The largest absolute Gasteiger partial charge is 0.0778 e. The molecule has 0 aromatic carbocycles. The molecule has 1 atom stereocenters. The van der Waals surface area contributed by atoms with Crippen molar-refractivity contribution in [2.24, 2.45) is 11.3 Å². The number of rotatable bonds is 1. The van der Waals surface area contributed by atoms with Crippen LogP contribution in [-0.4, -0.2) is 0 Å². The zero-order valence-corrected chi connectivity index (χ0v) is 6.86. The van der Waals surface area contributed by atoms with Gasteiger partial charge in [0.2, 0.25) is 0 Å². The molecule has 1 aliphatic carbocycles. The van der Waals surface area contributed by atoms with Crippen molar-refractivity contribution in [3.63, 3.8) is 0 Å². The summed E-state index contributed by atoms with van der Waals surface area (Å²) in [4.78, 5) is 0. The van der Waals surface area contributed by atoms with Crippen LogP contribution in [-0.2, 0) is 0 Å². The second kappa shape index (κ2) is 1.86. The number of hydrogen-bond donors (Lipinski definition) is 0. The molecule has 0 saturated carbocycles. The van der Waals surface area contributed by atoms with Crippen LogP contribution in [0.3, 0.4) is 0 Å². The molecule has 0 aromatic rings. The first-order chi connectivity index (χ1) is 3.99. The maximum absolute atomic E-state index is 2.35. The summed E-state index contributed by atoms with van der Waals surface area (Å²) in [5.74, 6) is 0.823. The van der Waals surface area contributed by atoms with E-state index in [-0.39, 0.29) is 0 Å². The van der Waals surface area contributed by atoms with Crippen LogP contribution in [0.25, 0.3) is 0 Å². The lowest BCUT2D eigenvalue weighted by atomic mass is 9.90. The van der Waals surface area contributed by atoms with E-state index in [4.69, 9.17) is 0 Å². The van der Waals surface area contributed by atoms with Crippen molar-refractivity contribution >= 4 is 0 Å². The lowest BCUT2D eigenvalue weighted by Crippen LogP contribution is -2.03. The summed E-state index contributed by atoms with van der Waals surface area (Å²) in [6.45, 7) is 9.14. The minimum absolute atomic E-state index is 0.497. The molecule has 0 fully saturated rings. The second-order valence-corrected chi connectivity index (χ2v) is 4.27. The smallest absolute Gasteiger partial charge is 0.00483 e. The Balaban J connectivity index is 2.28. The van der Waals surface area contributed by atoms with Crippen molar-refractivity contribution in [2.45, 2.75) is 34.1 Å². The van der Waals surface area contributed by atoms with E-state index in [9.17, 15) is 0 Å². The van der Waals surface area contributed by atoms with Gasteiger partial charge in [-0.15, -0.1) is 0 Å². The van der Waals surface area contributed by atoms with Gasteiger partial charge in [0, 0.05) is 0 Å². The van der Waals surface area contributed by atoms with Crippen LogP contribution in [0.5, 0.6) is 0 Å². The van der Waals surface area contributed by atoms with E-state index in [2.05, 4.69) is 33.8 Å². The minimum atomic E-state index is 0.497. The van der Waals surface area contributed by atoms with Crippen LogP contribution in [0.15, 0.2) is 11.6 Å². The van der Waals surface area contributed by atoms with E-state index >= 15 is 0 Å². The van der Waals surface area contributed by atoms with Gasteiger partial charge in [-0.2, -0.15) is 0 Å². The molecule has 0 bridgehead atoms. The predicted octanol–water partition coefficient (Wildman–Crippen LogP) is 3.00. The number of hydrogen-bond acceptors (Lipinski definition) is 0. The van der Waals surface area contributed by atoms with Gasteiger partial charge in [-0.05, 0) is 17.8 Å². The Morgan fingerprint density at radius 2 is 1.89 bits per heavy atom. The van der Waals surface area contributed by atoms with E-state index in [0.717, 1.165) is 5.92 Å². The highest BCUT2D eigenvalue weighted by atomic mass is 14.3. The van der Waals surface area contributed by atoms with Gasteiger partial charge in [-0.25, -0.2) is 0 Å². The SMILES string of the molecule is CC1C=C1CC(C)(C)C. The summed E-state index contributed by atoms with van der Waals surface area (Å²) < 4.78 is 0. The molecule has 9 heavy (non-hydrogen) atoms. The molecule has 1 aliphatic rings. The van der Waals surface area contributed by atoms with Crippen LogP contribution in [0.2, 0.25) is 0 Å². The van der Waals surface area contributed by atoms with Crippen molar-refractivity contribution in [1.29, 1.82) is 0 Å². The molecule has 0 amide bonds. The molecule has 0 spiro atoms. The summed E-state index contributed by atoms with van der Waals surface area (Å²) in [6.07, 6.45) is 3.64. The second-order valence-electron chi connectivity index (χ2n) is 4.27. The lowest BCUT2D eigenvalue weighted by molar-refractivity contribution is 0.410. The Morgan fingerprint density at radius 3 is 2.00 bits per heavy atom. The third kappa shape index (κ3) is 2.21. The Bertz CT molecular complexity index is 135. The molecule has 0 heteroatoms. The first-order valence-electron chi connectivity index (χ1n) is 3.70. The van der Waals surface area contributed by atoms with Crippen LogP contribution in [0.4, 0.5) is 0 Å². The van der Waals surface area contributed by atoms with Crippen LogP contribution in [0, 0.1) is 11.3 Å². The summed E-state index contributed by atoms with van der Waals surface area (Å²) in [7, 11) is 0. The minimum Gasteiger partial charge on any atom is -0.0778 e. The molecule has 0 aromatic heterocycles. The summed E-state index contributed by atoms with van der Waals surface area (Å²) in [5.41, 5.74) is 2.15. The van der Waals surface area contributed by atoms with Gasteiger partial charge < -0.3 is 0 Å². The zero-order valence-electron chi connectivity index (χ0n) is 6.86. The normalized spacial score (nSPS) is 25.8. The zero-order chi connectivity index (χ0) is 7.07. The molecule has 1 rings (SSSR count). The Hall–Kier alpha value is -0.260. The van der Waals surface area contributed by atoms with E-state index in [0.29, 0.717) is 5.41 Å². The van der Waals surface area contributed by atoms with E-state index in [1.807, 2.05) is 0 Å². The van der Waals surface area contributed by atoms with Gasteiger partial charge in [0.15, 0.2) is 0 Å². The Labute approximate surface area is 58.0 Å². The monoisotopic (exact) mass is 124 g/mol. The molecular formula is C9H16. The topological polar surface area (TPSA) is 0 Å². The summed E-state index contributed by atoms with van der Waals surface area (Å²) in [5, 5.41) is 0. The Kier molecular flexibility index (Phi) is 1.42. The molecule has 0 heterocycles. The average Bonchev–Trinajstić information content (AvgIpc) is 2.13. The fraction of sp³-hybridized carbons (Fsp3) is 0.778. The molecule has 0 radical (unpaired) electrons. The van der Waals surface area contributed by atoms with E-state index in [1.54, 1.807) is 5.57 Å². The number of allylic oxidation sites excluding steroid dienone is 2. The van der Waals surface area contributed by atoms with Crippen molar-refractivity contribution in [3.05, 3.63) is 11.6 Å². The van der Waals surface area contributed by atoms with Gasteiger partial charge in [0.1, 0.15) is 0 Å². The van der Waals surface area contributed by atoms with Gasteiger partial charge in [0.05, 0.1) is 0 Å². The molecule has 0 nitrogen and oxygen atoms in total. The van der Waals surface area contributed by atoms with Gasteiger partial charge in [0.25, 0.3) is 0 Å². The van der Waals surface area contributed by atoms with Crippen molar-refractivity contribution in [1.82, 2.24) is 0 Å². The van der Waals surface area contributed by atoms with Gasteiger partial charge >= 0.3 is 0 Å². The standard InChI is InChI=1S/C9H16/c1-7-5-8(7)6-9(2,3)4/h5,7H,6H2,1-4H3. The highest BCUT2D eigenvalue weighted by molar-refractivity contribution is 5.28. The quantitative estimate of drug-likeness (QED) is 0.471. The maximum atomic E-state index is 2.35. The predicted molar refractivity (Wildman–Crippen MR) is 41.3 cm³/mol. The molecular weight excluding hydrogens is 108 g/mol. The highest BCUT2D eigenvalue weighted by Gasteiger charge is 2.23. The molecule has 1 unspecified atom stereocenters. The average molecular weight is 124 g/mol. The van der Waals surface area contributed by atoms with Crippen molar-refractivity contribution in [2.75, 3.05) is 0 Å². The molecule has 52 valence electrons. The van der Waals surface area contributed by atoms with E-state index in [1.165, 1.54) is 6.42 Å². The maximum Gasteiger partial charge on any atom is -0.00483 e. The van der Waals surface area contributed by atoms with Gasteiger partial charge in [-0.1, -0.05) is 39.3 Å². The fourth-order valence-electron chi connectivity index (χ4n) is 1.11. The fourth-order valence-corrected chi connectivity index (χ4v) is 1.11. The first-order valence-corrected chi connectivity index (χ1v) is 3.70. The van der Waals surface area contributed by atoms with Crippen molar-refractivity contribution < 1.29 is 0 Å². The third-order valence-corrected chi connectivity index (χ3v) is 1.67. The third-order valence-electron chi connectivity index (χ3n) is 1.67. The Morgan fingerprint density at radius 1 is 1.44 bits per heavy atom. The summed E-state index contributed by atoms with van der Waals surface area (Å²) in [6, 6.07) is 0. The summed E-state index contributed by atoms with van der Waals surface area (Å²) >= 11 is 0. The molecule has 0 saturated heterocycles. The van der Waals surface area contributed by atoms with Crippen molar-refractivity contribution in [3.8, 4) is 0 Å².